The number of carbonyl (C=O) groups excluding carboxylic acids is 1. The number of nitrogens with zero attached hydrogens (tertiary/aromatic N) is 2. The molecule has 0 bridgehead atoms. The summed E-state index contributed by atoms with van der Waals surface area (Å²) in [6, 6.07) is 6.08. The van der Waals surface area contributed by atoms with Crippen molar-refractivity contribution in [2.75, 3.05) is 18.1 Å². The Labute approximate surface area is 169 Å². The molecule has 0 aromatic heterocycles. The maximum atomic E-state index is 14.3. The largest absolute Gasteiger partial charge is 0.368 e. The van der Waals surface area contributed by atoms with Gasteiger partial charge in [0.2, 0.25) is 5.91 Å². The molecule has 10 heteroatoms. The molecule has 3 aliphatic rings. The first-order valence-electron chi connectivity index (χ1n) is 9.75. The van der Waals surface area contributed by atoms with Gasteiger partial charge in [-0.15, -0.1) is 0 Å². The van der Waals surface area contributed by atoms with Crippen LogP contribution in [0.5, 0.6) is 0 Å². The van der Waals surface area contributed by atoms with E-state index in [1.54, 1.807) is 0 Å². The van der Waals surface area contributed by atoms with Gasteiger partial charge < -0.3 is 10.6 Å². The number of carbonyl (C=O) groups is 1. The highest BCUT2D eigenvalue weighted by atomic mass is 32.2. The smallest absolute Gasteiger partial charge is 0.228 e. The standard InChI is InChI=1S/C19H24FN5O3S/c1-29(27,28)16-5-4-12(10-13(16)20)23-18-17-15(7-9-22-19(17)26)25(24-18)14(6-8-21)11-2-3-11/h4-5,10-11,14-15,17-18,23-24H,2-3,6-7,9H2,1H3,(H,22,26)/t14-,15?,17?,18?/m0/s1. The molecule has 1 aromatic rings. The Morgan fingerprint density at radius 3 is 2.76 bits per heavy atom. The minimum absolute atomic E-state index is 0.0366. The summed E-state index contributed by atoms with van der Waals surface area (Å²) in [4.78, 5) is 12.2. The lowest BCUT2D eigenvalue weighted by Crippen LogP contribution is -2.52. The first-order valence-corrected chi connectivity index (χ1v) is 11.6. The van der Waals surface area contributed by atoms with Gasteiger partial charge in [-0.05, 0) is 43.4 Å². The number of anilines is 1. The summed E-state index contributed by atoms with van der Waals surface area (Å²) in [6.45, 7) is 0.576. The number of nitriles is 1. The van der Waals surface area contributed by atoms with Crippen LogP contribution in [-0.2, 0) is 14.6 Å². The van der Waals surface area contributed by atoms with Gasteiger partial charge in [-0.2, -0.15) is 5.26 Å². The summed E-state index contributed by atoms with van der Waals surface area (Å²) in [7, 11) is -3.66. The first kappa shape index (κ1) is 20.1. The first-order chi connectivity index (χ1) is 13.8. The number of hydrogen-bond donors (Lipinski definition) is 3. The minimum Gasteiger partial charge on any atom is -0.368 e. The third-order valence-corrected chi connectivity index (χ3v) is 7.07. The Morgan fingerprint density at radius 1 is 1.38 bits per heavy atom. The van der Waals surface area contributed by atoms with Crippen LogP contribution in [0, 0.1) is 29.0 Å². The van der Waals surface area contributed by atoms with Crippen molar-refractivity contribution in [3.8, 4) is 6.07 Å². The van der Waals surface area contributed by atoms with Crippen LogP contribution >= 0.6 is 0 Å². The van der Waals surface area contributed by atoms with E-state index in [0.717, 1.165) is 31.6 Å². The van der Waals surface area contributed by atoms with Crippen LogP contribution in [0.4, 0.5) is 10.1 Å². The van der Waals surface area contributed by atoms with E-state index in [1.807, 2.05) is 0 Å². The molecule has 1 aliphatic carbocycles. The Hall–Kier alpha value is -2.22. The summed E-state index contributed by atoms with van der Waals surface area (Å²) in [5, 5.41) is 17.3. The van der Waals surface area contributed by atoms with E-state index in [9.17, 15) is 22.9 Å². The zero-order valence-electron chi connectivity index (χ0n) is 16.1. The maximum Gasteiger partial charge on any atom is 0.228 e. The molecule has 4 rings (SSSR count). The van der Waals surface area contributed by atoms with Crippen LogP contribution in [-0.4, -0.2) is 50.4 Å². The van der Waals surface area contributed by atoms with E-state index in [0.29, 0.717) is 24.6 Å². The summed E-state index contributed by atoms with van der Waals surface area (Å²) in [5.41, 5.74) is 3.74. The number of piperidine rings is 1. The van der Waals surface area contributed by atoms with Gasteiger partial charge in [-0.1, -0.05) is 0 Å². The quantitative estimate of drug-likeness (QED) is 0.627. The van der Waals surface area contributed by atoms with Crippen molar-refractivity contribution < 1.29 is 17.6 Å². The lowest BCUT2D eigenvalue weighted by atomic mass is 9.90. The number of rotatable bonds is 6. The normalized spacial score (nSPS) is 28.3. The molecule has 0 spiro atoms. The van der Waals surface area contributed by atoms with Gasteiger partial charge in [-0.25, -0.2) is 23.2 Å². The molecule has 2 heterocycles. The van der Waals surface area contributed by atoms with E-state index >= 15 is 0 Å². The van der Waals surface area contributed by atoms with Gasteiger partial charge in [0, 0.05) is 30.6 Å². The van der Waals surface area contributed by atoms with E-state index in [-0.39, 0.29) is 22.9 Å². The van der Waals surface area contributed by atoms with Gasteiger partial charge >= 0.3 is 0 Å². The number of halogens is 1. The highest BCUT2D eigenvalue weighted by Gasteiger charge is 2.51. The Bertz CT molecular complexity index is 959. The van der Waals surface area contributed by atoms with Crippen LogP contribution in [0.3, 0.4) is 0 Å². The lowest BCUT2D eigenvalue weighted by Gasteiger charge is -2.34. The molecular formula is C19H24FN5O3S. The fraction of sp³-hybridized carbons (Fsp3) is 0.579. The summed E-state index contributed by atoms with van der Waals surface area (Å²) in [6.07, 6.45) is 3.77. The number of benzene rings is 1. The predicted octanol–water partition coefficient (Wildman–Crippen LogP) is 0.984. The molecule has 1 saturated carbocycles. The van der Waals surface area contributed by atoms with Gasteiger partial charge in [0.25, 0.3) is 0 Å². The average Bonchev–Trinajstić information content (AvgIpc) is 3.42. The van der Waals surface area contributed by atoms with Crippen molar-refractivity contribution in [3.63, 3.8) is 0 Å². The van der Waals surface area contributed by atoms with Crippen molar-refractivity contribution in [1.82, 2.24) is 15.8 Å². The molecule has 3 fully saturated rings. The summed E-state index contributed by atoms with van der Waals surface area (Å²) < 4.78 is 37.5. The molecule has 1 amide bonds. The number of nitrogens with one attached hydrogen (secondary N) is 3. The van der Waals surface area contributed by atoms with E-state index in [2.05, 4.69) is 27.1 Å². The molecule has 3 N–H and O–H groups in total. The third kappa shape index (κ3) is 3.95. The van der Waals surface area contributed by atoms with Gasteiger partial charge in [-0.3, -0.25) is 4.79 Å². The van der Waals surface area contributed by atoms with Gasteiger partial charge in [0.1, 0.15) is 16.9 Å². The van der Waals surface area contributed by atoms with Crippen molar-refractivity contribution in [3.05, 3.63) is 24.0 Å². The maximum absolute atomic E-state index is 14.3. The average molecular weight is 421 g/mol. The Kier molecular flexibility index (Phi) is 5.23. The third-order valence-electron chi connectivity index (χ3n) is 5.94. The van der Waals surface area contributed by atoms with Crippen molar-refractivity contribution in [2.24, 2.45) is 11.8 Å². The lowest BCUT2D eigenvalue weighted by molar-refractivity contribution is -0.128. The molecule has 29 heavy (non-hydrogen) atoms. The number of sulfone groups is 1. The molecule has 2 saturated heterocycles. The fourth-order valence-electron chi connectivity index (χ4n) is 4.44. The Morgan fingerprint density at radius 2 is 2.14 bits per heavy atom. The van der Waals surface area contributed by atoms with Crippen molar-refractivity contribution in [1.29, 1.82) is 5.26 Å². The zero-order chi connectivity index (χ0) is 20.8. The van der Waals surface area contributed by atoms with Crippen LogP contribution < -0.4 is 16.1 Å². The second-order valence-corrected chi connectivity index (χ2v) is 10.00. The number of hydrogen-bond acceptors (Lipinski definition) is 7. The number of amides is 1. The molecule has 8 nitrogen and oxygen atoms in total. The Balaban J connectivity index is 1.59. The molecule has 1 aromatic carbocycles. The highest BCUT2D eigenvalue weighted by molar-refractivity contribution is 7.90. The van der Waals surface area contributed by atoms with E-state index < -0.39 is 27.7 Å². The molecule has 156 valence electrons. The van der Waals surface area contributed by atoms with Crippen LogP contribution in [0.15, 0.2) is 23.1 Å². The number of fused-ring (bicyclic) bond motifs is 1. The van der Waals surface area contributed by atoms with Crippen LogP contribution in [0.1, 0.15) is 25.7 Å². The van der Waals surface area contributed by atoms with Gasteiger partial charge in [0.05, 0.1) is 18.4 Å². The topological polar surface area (TPSA) is 114 Å². The summed E-state index contributed by atoms with van der Waals surface area (Å²) >= 11 is 0. The monoisotopic (exact) mass is 421 g/mol. The van der Waals surface area contributed by atoms with E-state index in [1.165, 1.54) is 12.1 Å². The molecule has 3 unspecified atom stereocenters. The molecule has 0 radical (unpaired) electrons. The van der Waals surface area contributed by atoms with Crippen LogP contribution in [0.25, 0.3) is 0 Å². The van der Waals surface area contributed by atoms with E-state index in [4.69, 9.17) is 0 Å². The highest BCUT2D eigenvalue weighted by Crippen LogP contribution is 2.41. The minimum atomic E-state index is -3.66. The van der Waals surface area contributed by atoms with Crippen molar-refractivity contribution in [2.45, 2.75) is 48.8 Å². The second-order valence-electron chi connectivity index (χ2n) is 8.02. The van der Waals surface area contributed by atoms with Gasteiger partial charge in [0.15, 0.2) is 9.84 Å². The predicted molar refractivity (Wildman–Crippen MR) is 104 cm³/mol. The SMILES string of the molecule is CS(=O)(=O)c1ccc(NC2NN([C@@H](CC#N)C3CC3)C3CCNC(=O)C23)cc1F. The molecule has 4 atom stereocenters. The number of hydrazine groups is 1. The molecular weight excluding hydrogens is 397 g/mol. The van der Waals surface area contributed by atoms with Crippen molar-refractivity contribution >= 4 is 21.4 Å². The van der Waals surface area contributed by atoms with Crippen LogP contribution in [0.2, 0.25) is 0 Å². The fourth-order valence-corrected chi connectivity index (χ4v) is 5.17. The summed E-state index contributed by atoms with van der Waals surface area (Å²) in [5.74, 6) is -0.884. The second kappa shape index (κ2) is 7.55. The zero-order valence-corrected chi connectivity index (χ0v) is 16.9. The molecule has 2 aliphatic heterocycles.